The summed E-state index contributed by atoms with van der Waals surface area (Å²) in [6, 6.07) is 3.04. The van der Waals surface area contributed by atoms with Crippen LogP contribution in [0.25, 0.3) is 5.69 Å². The molecule has 0 radical (unpaired) electrons. The van der Waals surface area contributed by atoms with Crippen LogP contribution in [-0.4, -0.2) is 44.3 Å². The van der Waals surface area contributed by atoms with E-state index in [0.717, 1.165) is 23.4 Å². The molecule has 0 atom stereocenters. The van der Waals surface area contributed by atoms with E-state index in [9.17, 15) is 18.0 Å². The van der Waals surface area contributed by atoms with Gasteiger partial charge in [0.2, 0.25) is 5.91 Å². The molecular weight excluding hydrogens is 389 g/mol. The van der Waals surface area contributed by atoms with Gasteiger partial charge >= 0.3 is 6.18 Å². The first-order valence-electron chi connectivity index (χ1n) is 8.61. The smallest absolute Gasteiger partial charge is 0.361 e. The Morgan fingerprint density at radius 1 is 1.31 bits per heavy atom. The zero-order valence-electron chi connectivity index (χ0n) is 16.0. The normalized spacial score (nSPS) is 11.8. The fraction of sp³-hybridized carbons (Fsp3) is 0.333. The third-order valence-electron chi connectivity index (χ3n) is 4.29. The molecule has 0 unspecified atom stereocenters. The van der Waals surface area contributed by atoms with Crippen LogP contribution < -0.4 is 5.32 Å². The highest BCUT2D eigenvalue weighted by molar-refractivity contribution is 5.94. The van der Waals surface area contributed by atoms with Gasteiger partial charge in [0, 0.05) is 12.1 Å². The van der Waals surface area contributed by atoms with E-state index >= 15 is 0 Å². The molecule has 3 aromatic rings. The molecule has 154 valence electrons. The Balaban J connectivity index is 1.78. The first-order chi connectivity index (χ1) is 13.6. The van der Waals surface area contributed by atoms with Crippen LogP contribution in [0.2, 0.25) is 0 Å². The molecule has 2 heterocycles. The van der Waals surface area contributed by atoms with Gasteiger partial charge in [0.1, 0.15) is 18.4 Å². The van der Waals surface area contributed by atoms with Crippen molar-refractivity contribution in [3.05, 3.63) is 53.4 Å². The lowest BCUT2D eigenvalue weighted by molar-refractivity contribution is -0.137. The van der Waals surface area contributed by atoms with E-state index in [1.165, 1.54) is 23.4 Å². The number of hydrogen-bond acceptors (Lipinski definition) is 6. The van der Waals surface area contributed by atoms with Gasteiger partial charge in [-0.3, -0.25) is 9.69 Å². The fourth-order valence-corrected chi connectivity index (χ4v) is 2.83. The lowest BCUT2D eigenvalue weighted by Gasteiger charge is -2.18. The molecule has 1 aromatic carbocycles. The number of alkyl halides is 3. The number of aryl methyl sites for hydroxylation is 2. The van der Waals surface area contributed by atoms with Crippen molar-refractivity contribution >= 4 is 11.6 Å². The van der Waals surface area contributed by atoms with Gasteiger partial charge < -0.3 is 9.84 Å². The minimum atomic E-state index is -4.54. The number of rotatable bonds is 6. The minimum Gasteiger partial charge on any atom is -0.361 e. The molecule has 1 N–H and O–H groups in total. The van der Waals surface area contributed by atoms with Crippen LogP contribution in [0.15, 0.2) is 35.4 Å². The number of carbonyl (C=O) groups excluding carboxylic acids is 1. The Morgan fingerprint density at radius 3 is 2.66 bits per heavy atom. The maximum atomic E-state index is 13.1. The predicted octanol–water partition coefficient (Wildman–Crippen LogP) is 2.96. The summed E-state index contributed by atoms with van der Waals surface area (Å²) in [5, 5.41) is 10.3. The number of nitrogens with one attached hydrogen (secondary N) is 1. The third kappa shape index (κ3) is 4.80. The quantitative estimate of drug-likeness (QED) is 0.675. The van der Waals surface area contributed by atoms with Crippen LogP contribution in [-0.2, 0) is 17.5 Å². The van der Waals surface area contributed by atoms with Crippen LogP contribution in [0.5, 0.6) is 0 Å². The standard InChI is InChI=1S/C18H19F3N6O2/c1-11-14(12(2)29-25-11)7-26(3)8-17(28)24-15-6-13(18(19,20)21)4-5-16(15)27-10-22-9-23-27/h4-6,9-10H,7-8H2,1-3H3,(H,24,28). The topological polar surface area (TPSA) is 89.1 Å². The summed E-state index contributed by atoms with van der Waals surface area (Å²) in [5.41, 5.74) is 0.975. The monoisotopic (exact) mass is 408 g/mol. The van der Waals surface area contributed by atoms with Gasteiger partial charge in [-0.05, 0) is 39.1 Å². The number of hydrogen-bond donors (Lipinski definition) is 1. The van der Waals surface area contributed by atoms with Gasteiger partial charge in [-0.1, -0.05) is 5.16 Å². The van der Waals surface area contributed by atoms with Gasteiger partial charge in [0.05, 0.1) is 29.2 Å². The minimum absolute atomic E-state index is 0.0129. The average Bonchev–Trinajstić information content (AvgIpc) is 3.26. The number of nitrogens with zero attached hydrogens (tertiary/aromatic N) is 5. The van der Waals surface area contributed by atoms with Crippen molar-refractivity contribution in [2.24, 2.45) is 0 Å². The molecule has 1 amide bonds. The molecule has 0 fully saturated rings. The molecule has 0 aliphatic rings. The highest BCUT2D eigenvalue weighted by Crippen LogP contribution is 2.33. The number of carbonyl (C=O) groups is 1. The number of benzene rings is 1. The molecule has 0 saturated heterocycles. The molecule has 2 aromatic heterocycles. The lowest BCUT2D eigenvalue weighted by atomic mass is 10.1. The van der Waals surface area contributed by atoms with Crippen LogP contribution in [0.3, 0.4) is 0 Å². The van der Waals surface area contributed by atoms with Crippen LogP contribution in [0.4, 0.5) is 18.9 Å². The van der Waals surface area contributed by atoms with Crippen LogP contribution in [0, 0.1) is 13.8 Å². The van der Waals surface area contributed by atoms with Crippen molar-refractivity contribution in [1.29, 1.82) is 0 Å². The summed E-state index contributed by atoms with van der Waals surface area (Å²) in [7, 11) is 1.72. The number of aromatic nitrogens is 4. The van der Waals surface area contributed by atoms with Crippen molar-refractivity contribution < 1.29 is 22.5 Å². The number of halogens is 3. The van der Waals surface area contributed by atoms with Gasteiger partial charge in [0.15, 0.2) is 0 Å². The first-order valence-corrected chi connectivity index (χ1v) is 8.61. The summed E-state index contributed by atoms with van der Waals surface area (Å²) in [6.45, 7) is 3.94. The largest absolute Gasteiger partial charge is 0.416 e. The summed E-state index contributed by atoms with van der Waals surface area (Å²) in [4.78, 5) is 18.0. The second-order valence-corrected chi connectivity index (χ2v) is 6.59. The molecule has 0 aliphatic carbocycles. The summed E-state index contributed by atoms with van der Waals surface area (Å²) >= 11 is 0. The van der Waals surface area contributed by atoms with Crippen molar-refractivity contribution in [3.8, 4) is 5.69 Å². The van der Waals surface area contributed by atoms with E-state index in [1.807, 2.05) is 0 Å². The maximum Gasteiger partial charge on any atom is 0.416 e. The van der Waals surface area contributed by atoms with Gasteiger partial charge in [-0.25, -0.2) is 9.67 Å². The first kappa shape index (κ1) is 20.5. The molecule has 8 nitrogen and oxygen atoms in total. The lowest BCUT2D eigenvalue weighted by Crippen LogP contribution is -2.30. The Hall–Kier alpha value is -3.21. The molecule has 0 aliphatic heterocycles. The van der Waals surface area contributed by atoms with E-state index in [-0.39, 0.29) is 17.9 Å². The van der Waals surface area contributed by atoms with E-state index in [1.54, 1.807) is 25.8 Å². The molecule has 3 rings (SSSR count). The van der Waals surface area contributed by atoms with Crippen molar-refractivity contribution in [1.82, 2.24) is 24.8 Å². The molecular formula is C18H19F3N6O2. The molecule has 11 heteroatoms. The Kier molecular flexibility index (Phi) is 5.69. The van der Waals surface area contributed by atoms with E-state index in [0.29, 0.717) is 12.3 Å². The Morgan fingerprint density at radius 2 is 2.07 bits per heavy atom. The zero-order valence-corrected chi connectivity index (χ0v) is 16.0. The van der Waals surface area contributed by atoms with Gasteiger partial charge in [-0.15, -0.1) is 0 Å². The Labute approximate surface area is 164 Å². The summed E-state index contributed by atoms with van der Waals surface area (Å²) in [6.07, 6.45) is -1.96. The SMILES string of the molecule is Cc1noc(C)c1CN(C)CC(=O)Nc1cc(C(F)(F)F)ccc1-n1cncn1. The molecule has 0 bridgehead atoms. The van der Waals surface area contributed by atoms with Crippen molar-refractivity contribution in [2.45, 2.75) is 26.6 Å². The fourth-order valence-electron chi connectivity index (χ4n) is 2.83. The van der Waals surface area contributed by atoms with E-state index < -0.39 is 17.6 Å². The molecule has 29 heavy (non-hydrogen) atoms. The Bertz CT molecular complexity index is 978. The summed E-state index contributed by atoms with van der Waals surface area (Å²) in [5.74, 6) is 0.182. The van der Waals surface area contributed by atoms with E-state index in [4.69, 9.17) is 4.52 Å². The van der Waals surface area contributed by atoms with Crippen LogP contribution >= 0.6 is 0 Å². The highest BCUT2D eigenvalue weighted by Gasteiger charge is 2.31. The second kappa shape index (κ2) is 8.03. The molecule has 0 spiro atoms. The van der Waals surface area contributed by atoms with Crippen LogP contribution in [0.1, 0.15) is 22.6 Å². The van der Waals surface area contributed by atoms with Gasteiger partial charge in [-0.2, -0.15) is 18.3 Å². The number of likely N-dealkylation sites (N-methyl/N-ethyl adjacent to an activating group) is 1. The summed E-state index contributed by atoms with van der Waals surface area (Å²) < 4.78 is 45.7. The maximum absolute atomic E-state index is 13.1. The van der Waals surface area contributed by atoms with Gasteiger partial charge in [0.25, 0.3) is 0 Å². The number of anilines is 1. The predicted molar refractivity (Wildman–Crippen MR) is 97.3 cm³/mol. The zero-order chi connectivity index (χ0) is 21.2. The van der Waals surface area contributed by atoms with E-state index in [2.05, 4.69) is 20.6 Å². The van der Waals surface area contributed by atoms with Crippen molar-refractivity contribution in [2.75, 3.05) is 18.9 Å². The number of amides is 1. The highest BCUT2D eigenvalue weighted by atomic mass is 19.4. The average molecular weight is 408 g/mol. The molecule has 0 saturated carbocycles. The van der Waals surface area contributed by atoms with Crippen molar-refractivity contribution in [3.63, 3.8) is 0 Å². The second-order valence-electron chi connectivity index (χ2n) is 6.59. The third-order valence-corrected chi connectivity index (χ3v) is 4.29.